The smallest absolute Gasteiger partial charge is 0.201 e. The largest absolute Gasteiger partial charge is 0.490 e. The number of hydrogen-bond donors (Lipinski definition) is 1. The third-order valence-corrected chi connectivity index (χ3v) is 4.75. The fourth-order valence-corrected chi connectivity index (χ4v) is 2.95. The Morgan fingerprint density at radius 1 is 0.968 bits per heavy atom. The summed E-state index contributed by atoms with van der Waals surface area (Å²) in [5.41, 5.74) is 1.39. The molecule has 0 aliphatic heterocycles. The zero-order chi connectivity index (χ0) is 22.4. The summed E-state index contributed by atoms with van der Waals surface area (Å²) in [6, 6.07) is 13.7. The number of aliphatic hydroxyl groups is 1. The molecule has 3 nitrogen and oxygen atoms in total. The molecular weight excluding hydrogens is 405 g/mol. The van der Waals surface area contributed by atoms with Gasteiger partial charge in [0.25, 0.3) is 0 Å². The zero-order valence-electron chi connectivity index (χ0n) is 17.1. The van der Waals surface area contributed by atoms with Crippen LogP contribution in [0.25, 0.3) is 11.1 Å². The first-order chi connectivity index (χ1) is 14.9. The molecule has 0 radical (unpaired) electrons. The molecule has 0 aliphatic carbocycles. The van der Waals surface area contributed by atoms with Crippen LogP contribution in [-0.2, 0) is 6.61 Å². The lowest BCUT2D eigenvalue weighted by molar-refractivity contribution is 0.198. The molecule has 6 heteroatoms. The standard InChI is InChI=1S/C25H23F3O3/c1-3-4-13-30-23-12-11-21(24(27)25(23)28)17-7-9-20(10-8-17)31-15-19-6-5-18(16(2)29)14-22(19)26/h3,5-12,14,16,29H,1,4,13,15H2,2H3. The minimum Gasteiger partial charge on any atom is -0.490 e. The van der Waals surface area contributed by atoms with Gasteiger partial charge in [-0.05, 0) is 54.8 Å². The summed E-state index contributed by atoms with van der Waals surface area (Å²) in [5, 5.41) is 9.51. The molecule has 0 fully saturated rings. The van der Waals surface area contributed by atoms with Crippen molar-refractivity contribution in [3.63, 3.8) is 0 Å². The van der Waals surface area contributed by atoms with Gasteiger partial charge in [0.15, 0.2) is 11.6 Å². The van der Waals surface area contributed by atoms with Gasteiger partial charge in [-0.1, -0.05) is 30.3 Å². The predicted octanol–water partition coefficient (Wildman–Crippen LogP) is 6.36. The summed E-state index contributed by atoms with van der Waals surface area (Å²) in [4.78, 5) is 0. The monoisotopic (exact) mass is 428 g/mol. The first-order valence-corrected chi connectivity index (χ1v) is 9.82. The lowest BCUT2D eigenvalue weighted by Crippen LogP contribution is -2.01. The molecule has 31 heavy (non-hydrogen) atoms. The highest BCUT2D eigenvalue weighted by molar-refractivity contribution is 5.66. The zero-order valence-corrected chi connectivity index (χ0v) is 17.1. The molecule has 1 atom stereocenters. The minimum absolute atomic E-state index is 0.00893. The van der Waals surface area contributed by atoms with Gasteiger partial charge in [0.2, 0.25) is 5.82 Å². The molecule has 0 saturated carbocycles. The topological polar surface area (TPSA) is 38.7 Å². The van der Waals surface area contributed by atoms with Crippen molar-refractivity contribution in [3.8, 4) is 22.6 Å². The van der Waals surface area contributed by atoms with Crippen LogP contribution in [0, 0.1) is 17.5 Å². The highest BCUT2D eigenvalue weighted by Crippen LogP contribution is 2.31. The Morgan fingerprint density at radius 3 is 2.35 bits per heavy atom. The number of benzene rings is 3. The van der Waals surface area contributed by atoms with Gasteiger partial charge in [-0.15, -0.1) is 6.58 Å². The van der Waals surface area contributed by atoms with Crippen molar-refractivity contribution in [1.29, 1.82) is 0 Å². The summed E-state index contributed by atoms with van der Waals surface area (Å²) >= 11 is 0. The van der Waals surface area contributed by atoms with E-state index in [1.165, 1.54) is 18.2 Å². The molecule has 0 aromatic heterocycles. The van der Waals surface area contributed by atoms with E-state index in [0.717, 1.165) is 0 Å². The van der Waals surface area contributed by atoms with E-state index in [4.69, 9.17) is 9.47 Å². The van der Waals surface area contributed by atoms with Crippen LogP contribution in [0.15, 0.2) is 67.3 Å². The first-order valence-electron chi connectivity index (χ1n) is 9.82. The third kappa shape index (κ3) is 5.47. The van der Waals surface area contributed by atoms with Gasteiger partial charge in [-0.25, -0.2) is 8.78 Å². The fourth-order valence-electron chi connectivity index (χ4n) is 2.95. The second-order valence-electron chi connectivity index (χ2n) is 7.00. The van der Waals surface area contributed by atoms with Crippen LogP contribution >= 0.6 is 0 Å². The van der Waals surface area contributed by atoms with Crippen molar-refractivity contribution in [3.05, 3.63) is 95.8 Å². The molecule has 3 aromatic carbocycles. The van der Waals surface area contributed by atoms with Gasteiger partial charge < -0.3 is 14.6 Å². The molecule has 1 N–H and O–H groups in total. The molecule has 162 valence electrons. The number of aliphatic hydroxyl groups excluding tert-OH is 1. The molecule has 0 bridgehead atoms. The van der Waals surface area contributed by atoms with Gasteiger partial charge in [0, 0.05) is 11.1 Å². The highest BCUT2D eigenvalue weighted by atomic mass is 19.2. The molecular formula is C25H23F3O3. The van der Waals surface area contributed by atoms with Gasteiger partial charge in [0.05, 0.1) is 12.7 Å². The van der Waals surface area contributed by atoms with E-state index in [1.807, 2.05) is 0 Å². The molecule has 1 unspecified atom stereocenters. The Bertz CT molecular complexity index is 1050. The van der Waals surface area contributed by atoms with E-state index in [-0.39, 0.29) is 24.5 Å². The van der Waals surface area contributed by atoms with Crippen LogP contribution in [0.1, 0.15) is 30.6 Å². The van der Waals surface area contributed by atoms with Crippen LogP contribution in [0.4, 0.5) is 13.2 Å². The lowest BCUT2D eigenvalue weighted by Gasteiger charge is -2.12. The SMILES string of the molecule is C=CCCOc1ccc(-c2ccc(OCc3ccc(C(C)O)cc3F)cc2)c(F)c1F. The van der Waals surface area contributed by atoms with E-state index in [1.54, 1.807) is 49.4 Å². The molecule has 0 spiro atoms. The number of hydrogen-bond acceptors (Lipinski definition) is 3. The van der Waals surface area contributed by atoms with E-state index in [9.17, 15) is 18.3 Å². The fraction of sp³-hybridized carbons (Fsp3) is 0.200. The predicted molar refractivity (Wildman–Crippen MR) is 113 cm³/mol. The summed E-state index contributed by atoms with van der Waals surface area (Å²) in [7, 11) is 0. The van der Waals surface area contributed by atoms with Crippen LogP contribution in [-0.4, -0.2) is 11.7 Å². The van der Waals surface area contributed by atoms with Crippen molar-refractivity contribution < 1.29 is 27.8 Å². The molecule has 0 heterocycles. The maximum Gasteiger partial charge on any atom is 0.201 e. The maximum atomic E-state index is 14.5. The Kier molecular flexibility index (Phi) is 7.36. The van der Waals surface area contributed by atoms with Crippen molar-refractivity contribution in [2.45, 2.75) is 26.1 Å². The lowest BCUT2D eigenvalue weighted by atomic mass is 10.0. The average molecular weight is 428 g/mol. The highest BCUT2D eigenvalue weighted by Gasteiger charge is 2.16. The summed E-state index contributed by atoms with van der Waals surface area (Å²) in [5.74, 6) is -2.20. The van der Waals surface area contributed by atoms with Gasteiger partial charge in [-0.3, -0.25) is 0 Å². The van der Waals surface area contributed by atoms with Crippen LogP contribution in [0.2, 0.25) is 0 Å². The molecule has 3 rings (SSSR count). The Hall–Kier alpha value is -3.25. The second-order valence-corrected chi connectivity index (χ2v) is 7.00. The van der Waals surface area contributed by atoms with E-state index >= 15 is 0 Å². The molecule has 0 aliphatic rings. The van der Waals surface area contributed by atoms with Crippen molar-refractivity contribution in [2.75, 3.05) is 6.61 Å². The Morgan fingerprint density at radius 2 is 1.71 bits per heavy atom. The van der Waals surface area contributed by atoms with E-state index in [0.29, 0.717) is 28.9 Å². The molecule has 0 saturated heterocycles. The van der Waals surface area contributed by atoms with E-state index in [2.05, 4.69) is 6.58 Å². The van der Waals surface area contributed by atoms with Crippen molar-refractivity contribution >= 4 is 0 Å². The maximum absolute atomic E-state index is 14.5. The van der Waals surface area contributed by atoms with Crippen molar-refractivity contribution in [2.24, 2.45) is 0 Å². The Balaban J connectivity index is 1.69. The summed E-state index contributed by atoms with van der Waals surface area (Å²) in [6.45, 7) is 5.32. The van der Waals surface area contributed by atoms with Gasteiger partial charge in [-0.2, -0.15) is 4.39 Å². The van der Waals surface area contributed by atoms with Gasteiger partial charge >= 0.3 is 0 Å². The second kappa shape index (κ2) is 10.2. The van der Waals surface area contributed by atoms with Crippen LogP contribution in [0.5, 0.6) is 11.5 Å². The summed E-state index contributed by atoms with van der Waals surface area (Å²) < 4.78 is 53.7. The first kappa shape index (κ1) is 22.4. The van der Waals surface area contributed by atoms with Crippen molar-refractivity contribution in [1.82, 2.24) is 0 Å². The normalized spacial score (nSPS) is 11.8. The summed E-state index contributed by atoms with van der Waals surface area (Å²) in [6.07, 6.45) is 1.40. The van der Waals surface area contributed by atoms with Gasteiger partial charge in [0.1, 0.15) is 18.2 Å². The number of ether oxygens (including phenoxy) is 2. The molecule has 0 amide bonds. The quantitative estimate of drug-likeness (QED) is 0.318. The minimum atomic E-state index is -1.04. The molecule has 3 aromatic rings. The van der Waals surface area contributed by atoms with Crippen LogP contribution in [0.3, 0.4) is 0 Å². The third-order valence-electron chi connectivity index (χ3n) is 4.75. The Labute approximate surface area is 179 Å². The van der Waals surface area contributed by atoms with Crippen LogP contribution < -0.4 is 9.47 Å². The van der Waals surface area contributed by atoms with E-state index < -0.39 is 23.6 Å². The number of rotatable bonds is 9. The average Bonchev–Trinajstić information content (AvgIpc) is 2.76. The number of halogens is 3.